The molecule has 7 heteroatoms. The fourth-order valence-electron chi connectivity index (χ4n) is 3.50. The molecule has 0 aliphatic carbocycles. The number of carbonyl (C=O) groups is 2. The molecule has 2 amide bonds. The van der Waals surface area contributed by atoms with Gasteiger partial charge in [0.1, 0.15) is 6.04 Å². The van der Waals surface area contributed by atoms with Gasteiger partial charge < -0.3 is 10.2 Å². The third-order valence-electron chi connectivity index (χ3n) is 5.26. The molecule has 1 atom stereocenters. The van der Waals surface area contributed by atoms with E-state index in [0.29, 0.717) is 23.0 Å². The summed E-state index contributed by atoms with van der Waals surface area (Å²) >= 11 is 13.8. The fourth-order valence-corrected chi connectivity index (χ4v) is 4.63. The van der Waals surface area contributed by atoms with E-state index in [1.807, 2.05) is 73.7 Å². The molecule has 0 heterocycles. The molecule has 4 nitrogen and oxygen atoms in total. The van der Waals surface area contributed by atoms with Crippen LogP contribution in [0.4, 0.5) is 0 Å². The monoisotopic (exact) mass is 514 g/mol. The van der Waals surface area contributed by atoms with Crippen molar-refractivity contribution < 1.29 is 9.59 Å². The first-order chi connectivity index (χ1) is 16.5. The van der Waals surface area contributed by atoms with Crippen LogP contribution in [0, 0.1) is 0 Å². The quantitative estimate of drug-likeness (QED) is 0.307. The summed E-state index contributed by atoms with van der Waals surface area (Å²) in [6.45, 7) is 2.81. The Morgan fingerprint density at radius 1 is 0.912 bits per heavy atom. The van der Waals surface area contributed by atoms with Gasteiger partial charge in [-0.3, -0.25) is 9.59 Å². The van der Waals surface area contributed by atoms with Crippen LogP contribution in [0.3, 0.4) is 0 Å². The van der Waals surface area contributed by atoms with Gasteiger partial charge in [0.25, 0.3) is 0 Å². The maximum atomic E-state index is 13.5. The Morgan fingerprint density at radius 3 is 2.24 bits per heavy atom. The summed E-state index contributed by atoms with van der Waals surface area (Å²) < 4.78 is 0. The number of halogens is 2. The van der Waals surface area contributed by atoms with E-state index < -0.39 is 6.04 Å². The molecule has 3 aromatic rings. The number of benzene rings is 3. The highest BCUT2D eigenvalue weighted by Gasteiger charge is 2.30. The molecule has 0 fully saturated rings. The number of hydrogen-bond acceptors (Lipinski definition) is 3. The SMILES string of the molecule is CCCNC(=O)[C@H](Cc1ccccc1)N(Cc1ccc(Cl)c(Cl)c1)C(=O)CSc1ccccc1. The van der Waals surface area contributed by atoms with Crippen LogP contribution in [0.5, 0.6) is 0 Å². The summed E-state index contributed by atoms with van der Waals surface area (Å²) in [6.07, 6.45) is 1.23. The zero-order valence-electron chi connectivity index (χ0n) is 19.0. The van der Waals surface area contributed by atoms with Crippen molar-refractivity contribution in [3.05, 3.63) is 100 Å². The molecule has 0 radical (unpaired) electrons. The Balaban J connectivity index is 1.90. The second-order valence-electron chi connectivity index (χ2n) is 7.87. The molecule has 0 aliphatic rings. The van der Waals surface area contributed by atoms with Crippen LogP contribution in [0.1, 0.15) is 24.5 Å². The van der Waals surface area contributed by atoms with Crippen molar-refractivity contribution in [2.45, 2.75) is 37.2 Å². The Bertz CT molecular complexity index is 1080. The number of nitrogens with one attached hydrogen (secondary N) is 1. The zero-order chi connectivity index (χ0) is 24.3. The van der Waals surface area contributed by atoms with E-state index in [1.54, 1.807) is 17.0 Å². The van der Waals surface area contributed by atoms with Crippen molar-refractivity contribution in [1.29, 1.82) is 0 Å². The van der Waals surface area contributed by atoms with Gasteiger partial charge in [0, 0.05) is 24.4 Å². The van der Waals surface area contributed by atoms with Gasteiger partial charge in [0.15, 0.2) is 0 Å². The molecule has 0 aromatic heterocycles. The Kier molecular flexibility index (Phi) is 10.3. The summed E-state index contributed by atoms with van der Waals surface area (Å²) in [5.74, 6) is -0.0613. The van der Waals surface area contributed by atoms with Gasteiger partial charge in [-0.25, -0.2) is 0 Å². The summed E-state index contributed by atoms with van der Waals surface area (Å²) in [4.78, 5) is 29.5. The number of nitrogens with zero attached hydrogens (tertiary/aromatic N) is 1. The van der Waals surface area contributed by atoms with E-state index in [4.69, 9.17) is 23.2 Å². The fraction of sp³-hybridized carbons (Fsp3) is 0.259. The van der Waals surface area contributed by atoms with Gasteiger partial charge in [-0.05, 0) is 41.8 Å². The van der Waals surface area contributed by atoms with Crippen molar-refractivity contribution in [2.75, 3.05) is 12.3 Å². The molecule has 0 saturated heterocycles. The maximum Gasteiger partial charge on any atom is 0.243 e. The first-order valence-electron chi connectivity index (χ1n) is 11.2. The first kappa shape index (κ1) is 26.1. The van der Waals surface area contributed by atoms with Crippen LogP contribution in [-0.2, 0) is 22.6 Å². The van der Waals surface area contributed by atoms with Gasteiger partial charge in [-0.15, -0.1) is 11.8 Å². The molecular formula is C27H28Cl2N2O2S. The zero-order valence-corrected chi connectivity index (χ0v) is 21.4. The lowest BCUT2D eigenvalue weighted by atomic mass is 10.0. The topological polar surface area (TPSA) is 49.4 Å². The lowest BCUT2D eigenvalue weighted by Crippen LogP contribution is -2.51. The molecule has 0 aliphatic heterocycles. The largest absolute Gasteiger partial charge is 0.354 e. The minimum atomic E-state index is -0.660. The van der Waals surface area contributed by atoms with Crippen molar-refractivity contribution in [3.63, 3.8) is 0 Å². The number of thioether (sulfide) groups is 1. The third kappa shape index (κ3) is 7.79. The van der Waals surface area contributed by atoms with Gasteiger partial charge in [-0.1, -0.05) is 84.7 Å². The molecule has 178 valence electrons. The van der Waals surface area contributed by atoms with Crippen LogP contribution in [0.2, 0.25) is 10.0 Å². The Hall–Kier alpha value is -2.47. The van der Waals surface area contributed by atoms with Gasteiger partial charge >= 0.3 is 0 Å². The minimum absolute atomic E-state index is 0.118. The van der Waals surface area contributed by atoms with Crippen LogP contribution in [0.25, 0.3) is 0 Å². The van der Waals surface area contributed by atoms with Crippen LogP contribution < -0.4 is 5.32 Å². The summed E-state index contributed by atoms with van der Waals surface area (Å²) in [7, 11) is 0. The van der Waals surface area contributed by atoms with E-state index >= 15 is 0 Å². The normalized spacial score (nSPS) is 11.6. The van der Waals surface area contributed by atoms with Crippen LogP contribution >= 0.6 is 35.0 Å². The van der Waals surface area contributed by atoms with Crippen molar-refractivity contribution in [1.82, 2.24) is 10.2 Å². The molecule has 0 bridgehead atoms. The van der Waals surface area contributed by atoms with E-state index in [1.165, 1.54) is 11.8 Å². The second-order valence-corrected chi connectivity index (χ2v) is 9.73. The molecule has 0 unspecified atom stereocenters. The summed E-state index contributed by atoms with van der Waals surface area (Å²) in [5, 5.41) is 3.85. The Labute approximate surface area is 215 Å². The lowest BCUT2D eigenvalue weighted by Gasteiger charge is -2.31. The predicted molar refractivity (Wildman–Crippen MR) is 141 cm³/mol. The Morgan fingerprint density at radius 2 is 1.59 bits per heavy atom. The molecule has 1 N–H and O–H groups in total. The van der Waals surface area contributed by atoms with Crippen LogP contribution in [0.15, 0.2) is 83.8 Å². The summed E-state index contributed by atoms with van der Waals surface area (Å²) in [5.41, 5.74) is 1.80. The number of rotatable bonds is 11. The van der Waals surface area contributed by atoms with E-state index in [0.717, 1.165) is 22.4 Å². The molecule has 0 spiro atoms. The number of amides is 2. The highest BCUT2D eigenvalue weighted by Crippen LogP contribution is 2.25. The smallest absolute Gasteiger partial charge is 0.243 e. The van der Waals surface area contributed by atoms with Crippen molar-refractivity contribution in [3.8, 4) is 0 Å². The first-order valence-corrected chi connectivity index (χ1v) is 12.9. The van der Waals surface area contributed by atoms with Gasteiger partial charge in [0.2, 0.25) is 11.8 Å². The summed E-state index contributed by atoms with van der Waals surface area (Å²) in [6, 6.07) is 24.2. The maximum absolute atomic E-state index is 13.5. The highest BCUT2D eigenvalue weighted by atomic mass is 35.5. The van der Waals surface area contributed by atoms with Gasteiger partial charge in [-0.2, -0.15) is 0 Å². The molecule has 3 aromatic carbocycles. The second kappa shape index (κ2) is 13.4. The van der Waals surface area contributed by atoms with Gasteiger partial charge in [0.05, 0.1) is 15.8 Å². The minimum Gasteiger partial charge on any atom is -0.354 e. The van der Waals surface area contributed by atoms with Crippen LogP contribution in [-0.4, -0.2) is 35.1 Å². The molecule has 0 saturated carbocycles. The van der Waals surface area contributed by atoms with E-state index in [9.17, 15) is 9.59 Å². The molecular weight excluding hydrogens is 487 g/mol. The predicted octanol–water partition coefficient (Wildman–Crippen LogP) is 6.25. The number of carbonyl (C=O) groups excluding carboxylic acids is 2. The van der Waals surface area contributed by atoms with E-state index in [2.05, 4.69) is 5.32 Å². The lowest BCUT2D eigenvalue weighted by molar-refractivity contribution is -0.139. The third-order valence-corrected chi connectivity index (χ3v) is 7.00. The number of hydrogen-bond donors (Lipinski definition) is 1. The van der Waals surface area contributed by atoms with E-state index in [-0.39, 0.29) is 24.1 Å². The van der Waals surface area contributed by atoms with Crippen molar-refractivity contribution >= 4 is 46.8 Å². The average molecular weight is 516 g/mol. The standard InChI is InChI=1S/C27H28Cl2N2O2S/c1-2-15-30-27(33)25(17-20-9-5-3-6-10-20)31(18-21-13-14-23(28)24(29)16-21)26(32)19-34-22-11-7-4-8-12-22/h3-14,16,25H,2,15,17-19H2,1H3,(H,30,33)/t25-/m0/s1. The highest BCUT2D eigenvalue weighted by molar-refractivity contribution is 8.00. The molecule has 34 heavy (non-hydrogen) atoms. The molecule has 3 rings (SSSR count). The van der Waals surface area contributed by atoms with Crippen molar-refractivity contribution in [2.24, 2.45) is 0 Å². The average Bonchev–Trinajstić information content (AvgIpc) is 2.86.